The van der Waals surface area contributed by atoms with E-state index in [1.165, 1.54) is 6.07 Å². The lowest BCUT2D eigenvalue weighted by Gasteiger charge is -2.34. The maximum absolute atomic E-state index is 14.2. The van der Waals surface area contributed by atoms with Crippen molar-refractivity contribution in [1.29, 1.82) is 0 Å². The van der Waals surface area contributed by atoms with Crippen LogP contribution < -0.4 is 5.32 Å². The second-order valence-electron chi connectivity index (χ2n) is 8.48. The van der Waals surface area contributed by atoms with Gasteiger partial charge in [-0.1, -0.05) is 12.1 Å². The lowest BCUT2D eigenvalue weighted by Crippen LogP contribution is -2.51. The molecule has 1 aromatic heterocycles. The number of nitrogens with one attached hydrogen (secondary N) is 1. The third-order valence-electron chi connectivity index (χ3n) is 4.84. The second kappa shape index (κ2) is 8.73. The van der Waals surface area contributed by atoms with E-state index in [-0.39, 0.29) is 17.3 Å². The molecule has 29 heavy (non-hydrogen) atoms. The van der Waals surface area contributed by atoms with Gasteiger partial charge >= 0.3 is 0 Å². The maximum Gasteiger partial charge on any atom is 0.234 e. The van der Waals surface area contributed by atoms with Gasteiger partial charge < -0.3 is 9.88 Å². The largest absolute Gasteiger partial charge is 0.350 e. The van der Waals surface area contributed by atoms with E-state index in [1.807, 2.05) is 20.8 Å². The first-order chi connectivity index (χ1) is 13.6. The van der Waals surface area contributed by atoms with Crippen LogP contribution in [0, 0.1) is 10.6 Å². The molecule has 1 amide bonds. The molecule has 3 rings (SSSR count). The Labute approximate surface area is 176 Å². The van der Waals surface area contributed by atoms with Gasteiger partial charge in [-0.15, -0.1) is 0 Å². The number of carbonyl (C=O) groups is 1. The van der Waals surface area contributed by atoms with Crippen molar-refractivity contribution >= 4 is 18.1 Å². The molecule has 9 heteroatoms. The van der Waals surface area contributed by atoms with Crippen molar-refractivity contribution in [3.05, 3.63) is 34.9 Å². The quantitative estimate of drug-likeness (QED) is 0.752. The number of nitrogens with zero attached hydrogens (tertiary/aromatic N) is 5. The van der Waals surface area contributed by atoms with E-state index in [2.05, 4.69) is 20.2 Å². The monoisotopic (exact) mass is 420 g/mol. The van der Waals surface area contributed by atoms with Gasteiger partial charge in [-0.3, -0.25) is 14.6 Å². The Morgan fingerprint density at radius 1 is 1.17 bits per heavy atom. The number of hydrogen-bond acceptors (Lipinski definition) is 5. The first-order valence-corrected chi connectivity index (χ1v) is 10.2. The van der Waals surface area contributed by atoms with Gasteiger partial charge in [0, 0.05) is 38.8 Å². The topological polar surface area (TPSA) is 58.3 Å². The van der Waals surface area contributed by atoms with E-state index in [1.54, 1.807) is 34.5 Å². The average molecular weight is 421 g/mol. The van der Waals surface area contributed by atoms with E-state index in [0.717, 1.165) is 26.2 Å². The summed E-state index contributed by atoms with van der Waals surface area (Å²) >= 11 is 5.51. The van der Waals surface area contributed by atoms with E-state index >= 15 is 0 Å². The van der Waals surface area contributed by atoms with Crippen LogP contribution in [0.15, 0.2) is 24.3 Å². The highest BCUT2D eigenvalue weighted by atomic mass is 32.1. The lowest BCUT2D eigenvalue weighted by atomic mass is 10.1. The van der Waals surface area contributed by atoms with Crippen molar-refractivity contribution in [3.8, 4) is 11.4 Å². The first kappa shape index (κ1) is 21.6. The Balaban J connectivity index is 1.60. The van der Waals surface area contributed by atoms with Crippen LogP contribution in [0.4, 0.5) is 4.39 Å². The van der Waals surface area contributed by atoms with Crippen molar-refractivity contribution < 1.29 is 9.18 Å². The number of hydrogen-bond donors (Lipinski definition) is 1. The predicted octanol–water partition coefficient (Wildman–Crippen LogP) is 2.25. The highest BCUT2D eigenvalue weighted by Gasteiger charge is 2.22. The molecule has 158 valence electrons. The van der Waals surface area contributed by atoms with Gasteiger partial charge in [-0.2, -0.15) is 5.10 Å². The summed E-state index contributed by atoms with van der Waals surface area (Å²) in [6.45, 7) is 10.1. The Bertz CT molecular complexity index is 924. The molecular formula is C20H29FN6OS. The van der Waals surface area contributed by atoms with Crippen LogP contribution in [0.3, 0.4) is 0 Å². The third kappa shape index (κ3) is 5.49. The molecule has 0 radical (unpaired) electrons. The minimum atomic E-state index is -0.315. The van der Waals surface area contributed by atoms with Crippen LogP contribution in [0.1, 0.15) is 20.8 Å². The fourth-order valence-electron chi connectivity index (χ4n) is 3.40. The number of rotatable bonds is 5. The summed E-state index contributed by atoms with van der Waals surface area (Å²) in [6.07, 6.45) is 0. The molecule has 2 heterocycles. The molecule has 0 aliphatic carbocycles. The molecule has 1 saturated heterocycles. The smallest absolute Gasteiger partial charge is 0.234 e. The predicted molar refractivity (Wildman–Crippen MR) is 113 cm³/mol. The van der Waals surface area contributed by atoms with Crippen LogP contribution >= 0.6 is 12.2 Å². The number of benzene rings is 1. The molecule has 1 fully saturated rings. The Hall–Kier alpha value is -2.10. The fourth-order valence-corrected chi connectivity index (χ4v) is 3.58. The molecule has 1 aromatic carbocycles. The minimum Gasteiger partial charge on any atom is -0.350 e. The molecule has 0 unspecified atom stereocenters. The minimum absolute atomic E-state index is 0.0485. The zero-order valence-electron chi connectivity index (χ0n) is 17.5. The van der Waals surface area contributed by atoms with Gasteiger partial charge in [0.1, 0.15) is 5.82 Å². The van der Waals surface area contributed by atoms with Gasteiger partial charge in [-0.05, 0) is 45.1 Å². The average Bonchev–Trinajstić information content (AvgIpc) is 2.90. The van der Waals surface area contributed by atoms with Gasteiger partial charge in [0.05, 0.1) is 18.8 Å². The number of carbonyl (C=O) groups excluding carboxylic acids is 1. The van der Waals surface area contributed by atoms with Gasteiger partial charge in [0.15, 0.2) is 10.6 Å². The zero-order chi connectivity index (χ0) is 21.2. The SMILES string of the molecule is Cn1c(-c2ccccc2F)nn(CN2CCN(CC(=O)NC(C)(C)C)CC2)c1=S. The van der Waals surface area contributed by atoms with Crippen molar-refractivity contribution in [2.24, 2.45) is 7.05 Å². The van der Waals surface area contributed by atoms with Crippen LogP contribution in [-0.4, -0.2) is 68.3 Å². The zero-order valence-corrected chi connectivity index (χ0v) is 18.3. The molecule has 1 N–H and O–H groups in total. The standard InChI is InChI=1S/C20H29FN6OS/c1-20(2,3)22-17(28)13-25-9-11-26(12-10-25)14-27-19(29)24(4)18(23-27)15-7-5-6-8-16(15)21/h5-8H,9-14H2,1-4H3,(H,22,28). The Kier molecular flexibility index (Phi) is 6.50. The summed E-state index contributed by atoms with van der Waals surface area (Å²) in [4.78, 5) is 16.5. The number of piperazine rings is 1. The molecule has 0 bridgehead atoms. The molecule has 0 atom stereocenters. The highest BCUT2D eigenvalue weighted by Crippen LogP contribution is 2.21. The fraction of sp³-hybridized carbons (Fsp3) is 0.550. The number of aromatic nitrogens is 3. The van der Waals surface area contributed by atoms with Gasteiger partial charge in [0.25, 0.3) is 0 Å². The van der Waals surface area contributed by atoms with Gasteiger partial charge in [0.2, 0.25) is 5.91 Å². The maximum atomic E-state index is 14.2. The molecule has 0 spiro atoms. The summed E-state index contributed by atoms with van der Waals surface area (Å²) in [5.41, 5.74) is 0.221. The summed E-state index contributed by atoms with van der Waals surface area (Å²) in [6, 6.07) is 6.58. The van der Waals surface area contributed by atoms with Crippen LogP contribution in [0.2, 0.25) is 0 Å². The Morgan fingerprint density at radius 3 is 2.41 bits per heavy atom. The van der Waals surface area contributed by atoms with E-state index in [9.17, 15) is 9.18 Å². The summed E-state index contributed by atoms with van der Waals surface area (Å²) < 4.78 is 18.2. The van der Waals surface area contributed by atoms with Crippen LogP contribution in [-0.2, 0) is 18.5 Å². The molecule has 1 aliphatic rings. The third-order valence-corrected chi connectivity index (χ3v) is 5.32. The molecule has 7 nitrogen and oxygen atoms in total. The van der Waals surface area contributed by atoms with Crippen molar-refractivity contribution in [2.75, 3.05) is 32.7 Å². The van der Waals surface area contributed by atoms with E-state index in [4.69, 9.17) is 12.2 Å². The van der Waals surface area contributed by atoms with Crippen molar-refractivity contribution in [1.82, 2.24) is 29.5 Å². The second-order valence-corrected chi connectivity index (χ2v) is 8.84. The number of amides is 1. The number of halogens is 1. The summed E-state index contributed by atoms with van der Waals surface area (Å²) in [5.74, 6) is 0.253. The molecule has 0 saturated carbocycles. The molecule has 1 aliphatic heterocycles. The van der Waals surface area contributed by atoms with E-state index in [0.29, 0.717) is 29.4 Å². The summed E-state index contributed by atoms with van der Waals surface area (Å²) in [7, 11) is 1.80. The van der Waals surface area contributed by atoms with Crippen LogP contribution in [0.25, 0.3) is 11.4 Å². The Morgan fingerprint density at radius 2 is 1.79 bits per heavy atom. The molecule has 2 aromatic rings. The summed E-state index contributed by atoms with van der Waals surface area (Å²) in [5, 5.41) is 7.56. The first-order valence-electron chi connectivity index (χ1n) is 9.78. The highest BCUT2D eigenvalue weighted by molar-refractivity contribution is 7.71. The molecular weight excluding hydrogens is 391 g/mol. The normalized spacial score (nSPS) is 16.2. The lowest BCUT2D eigenvalue weighted by molar-refractivity contribution is -0.124. The van der Waals surface area contributed by atoms with Crippen molar-refractivity contribution in [2.45, 2.75) is 33.0 Å². The van der Waals surface area contributed by atoms with E-state index < -0.39 is 0 Å². The van der Waals surface area contributed by atoms with Crippen LogP contribution in [0.5, 0.6) is 0 Å². The van der Waals surface area contributed by atoms with Gasteiger partial charge in [-0.25, -0.2) is 9.07 Å². The van der Waals surface area contributed by atoms with Crippen molar-refractivity contribution in [3.63, 3.8) is 0 Å².